The highest BCUT2D eigenvalue weighted by Crippen LogP contribution is 2.32. The number of thioether (sulfide) groups is 1. The van der Waals surface area contributed by atoms with Crippen LogP contribution in [0.1, 0.15) is 12.0 Å². The smallest absolute Gasteiger partial charge is 0.416 e. The van der Waals surface area contributed by atoms with E-state index in [-0.39, 0.29) is 23.6 Å². The first kappa shape index (κ1) is 20.0. The fourth-order valence-corrected chi connectivity index (χ4v) is 4.97. The van der Waals surface area contributed by atoms with Gasteiger partial charge in [0.05, 0.1) is 28.1 Å². The summed E-state index contributed by atoms with van der Waals surface area (Å²) >= 11 is 2.93. The average Bonchev–Trinajstić information content (AvgIpc) is 3.32. The average molecular weight is 439 g/mol. The molecule has 0 bridgehead atoms. The molecule has 1 fully saturated rings. The highest BCUT2D eigenvalue weighted by molar-refractivity contribution is 8.01. The predicted octanol–water partition coefficient (Wildman–Crippen LogP) is 4.48. The van der Waals surface area contributed by atoms with E-state index in [0.717, 1.165) is 32.9 Å². The number of nitrogens with zero attached hydrogens (tertiary/aromatic N) is 3. The lowest BCUT2D eigenvalue weighted by Crippen LogP contribution is -2.32. The molecule has 1 saturated heterocycles. The van der Waals surface area contributed by atoms with Crippen LogP contribution >= 0.6 is 23.1 Å². The van der Waals surface area contributed by atoms with Gasteiger partial charge in [-0.25, -0.2) is 9.97 Å². The molecule has 29 heavy (non-hydrogen) atoms. The monoisotopic (exact) mass is 439 g/mol. The van der Waals surface area contributed by atoms with E-state index in [1.807, 2.05) is 24.3 Å². The van der Waals surface area contributed by atoms with Crippen LogP contribution in [0.25, 0.3) is 10.2 Å². The Bertz CT molecular complexity index is 992. The summed E-state index contributed by atoms with van der Waals surface area (Å²) in [4.78, 5) is 22.5. The molecule has 0 unspecified atom stereocenters. The van der Waals surface area contributed by atoms with Crippen LogP contribution in [0.4, 0.5) is 13.2 Å². The van der Waals surface area contributed by atoms with Gasteiger partial charge in [-0.1, -0.05) is 23.9 Å². The highest BCUT2D eigenvalue weighted by Gasteiger charge is 2.32. The summed E-state index contributed by atoms with van der Waals surface area (Å²) in [6, 6.07) is 9.57. The minimum Gasteiger partial charge on any atom is -0.472 e. The van der Waals surface area contributed by atoms with Crippen LogP contribution in [0, 0.1) is 0 Å². The molecule has 0 N–H and O–H groups in total. The van der Waals surface area contributed by atoms with Crippen LogP contribution in [-0.4, -0.2) is 45.7 Å². The van der Waals surface area contributed by atoms with Gasteiger partial charge >= 0.3 is 6.18 Å². The van der Waals surface area contributed by atoms with E-state index in [1.54, 1.807) is 16.2 Å². The van der Waals surface area contributed by atoms with Gasteiger partial charge in [0, 0.05) is 25.2 Å². The summed E-state index contributed by atoms with van der Waals surface area (Å²) in [5.41, 5.74) is 0.108. The second-order valence-corrected chi connectivity index (χ2v) is 8.74. The maximum absolute atomic E-state index is 12.8. The van der Waals surface area contributed by atoms with Gasteiger partial charge in [0.1, 0.15) is 6.10 Å². The van der Waals surface area contributed by atoms with Crippen molar-refractivity contribution in [1.82, 2.24) is 14.9 Å². The second-order valence-electron chi connectivity index (χ2n) is 6.48. The Hall–Kier alpha value is -2.33. The molecule has 2 aromatic heterocycles. The van der Waals surface area contributed by atoms with E-state index in [9.17, 15) is 18.0 Å². The molecule has 4 rings (SSSR count). The van der Waals surface area contributed by atoms with Gasteiger partial charge in [-0.3, -0.25) is 4.79 Å². The number of hydrogen-bond acceptors (Lipinski definition) is 6. The molecule has 1 aliphatic rings. The Morgan fingerprint density at radius 3 is 2.93 bits per heavy atom. The molecule has 5 nitrogen and oxygen atoms in total. The number of hydrogen-bond donors (Lipinski definition) is 0. The number of carbonyl (C=O) groups excluding carboxylic acids is 1. The number of amides is 1. The molecule has 10 heteroatoms. The number of likely N-dealkylation sites (tertiary alicyclic amines) is 1. The number of para-hydroxylation sites is 1. The molecule has 0 aliphatic carbocycles. The van der Waals surface area contributed by atoms with Crippen LogP contribution in [0.3, 0.4) is 0 Å². The number of halogens is 3. The van der Waals surface area contributed by atoms with Crippen LogP contribution in [-0.2, 0) is 11.0 Å². The predicted molar refractivity (Wildman–Crippen MR) is 105 cm³/mol. The minimum absolute atomic E-state index is 0.0441. The van der Waals surface area contributed by atoms with E-state index in [1.165, 1.54) is 11.8 Å². The van der Waals surface area contributed by atoms with Gasteiger partial charge in [0.25, 0.3) is 0 Å². The lowest BCUT2D eigenvalue weighted by Gasteiger charge is -2.17. The number of aromatic nitrogens is 2. The molecular formula is C19H16F3N3O2S2. The number of alkyl halides is 3. The minimum atomic E-state index is -4.45. The van der Waals surface area contributed by atoms with Crippen LogP contribution in [0.15, 0.2) is 46.9 Å². The lowest BCUT2D eigenvalue weighted by atomic mass is 10.2. The quantitative estimate of drug-likeness (QED) is 0.549. The van der Waals surface area contributed by atoms with E-state index < -0.39 is 11.7 Å². The second kappa shape index (κ2) is 8.19. The van der Waals surface area contributed by atoms with Crippen molar-refractivity contribution in [3.05, 3.63) is 48.2 Å². The van der Waals surface area contributed by atoms with Gasteiger partial charge < -0.3 is 9.64 Å². The Kier molecular flexibility index (Phi) is 5.64. The fourth-order valence-electron chi connectivity index (χ4n) is 3.00. The molecule has 1 amide bonds. The Morgan fingerprint density at radius 2 is 2.14 bits per heavy atom. The number of benzene rings is 1. The first-order chi connectivity index (χ1) is 13.9. The van der Waals surface area contributed by atoms with Gasteiger partial charge in [-0.2, -0.15) is 13.2 Å². The van der Waals surface area contributed by atoms with Crippen molar-refractivity contribution in [3.8, 4) is 5.88 Å². The molecular weight excluding hydrogens is 423 g/mol. The maximum Gasteiger partial charge on any atom is 0.416 e. The van der Waals surface area contributed by atoms with Gasteiger partial charge in [0.2, 0.25) is 11.8 Å². The Morgan fingerprint density at radius 1 is 1.31 bits per heavy atom. The van der Waals surface area contributed by atoms with Crippen molar-refractivity contribution < 1.29 is 22.7 Å². The standard InChI is InChI=1S/C19H16F3N3O2S2/c20-19(21,22)12-5-7-23-16(9-12)27-13-6-8-25(10-13)17(26)11-28-18-24-14-3-1-2-4-15(14)29-18/h1-5,7,9,13H,6,8,10-11H2/t13-/m1/s1. The summed E-state index contributed by atoms with van der Waals surface area (Å²) < 4.78 is 45.9. The zero-order valence-electron chi connectivity index (χ0n) is 15.1. The fraction of sp³-hybridized carbons (Fsp3) is 0.316. The van der Waals surface area contributed by atoms with Crippen molar-refractivity contribution in [2.45, 2.75) is 23.0 Å². The van der Waals surface area contributed by atoms with Gasteiger partial charge in [-0.15, -0.1) is 11.3 Å². The molecule has 152 valence electrons. The van der Waals surface area contributed by atoms with Crippen LogP contribution < -0.4 is 4.74 Å². The third kappa shape index (κ3) is 4.81. The normalized spacial score (nSPS) is 17.1. The zero-order valence-corrected chi connectivity index (χ0v) is 16.7. The number of rotatable bonds is 5. The molecule has 1 aliphatic heterocycles. The van der Waals surface area contributed by atoms with Crippen LogP contribution in [0.2, 0.25) is 0 Å². The SMILES string of the molecule is O=C(CSc1nc2ccccc2s1)N1CC[C@@H](Oc2cc(C(F)(F)F)ccn2)C1. The number of pyridine rings is 1. The van der Waals surface area contributed by atoms with Crippen molar-refractivity contribution in [2.24, 2.45) is 0 Å². The Labute approximate surface area is 172 Å². The number of thiazole rings is 1. The number of fused-ring (bicyclic) bond motifs is 1. The molecule has 0 radical (unpaired) electrons. The molecule has 1 atom stereocenters. The summed E-state index contributed by atoms with van der Waals surface area (Å²) in [7, 11) is 0. The topological polar surface area (TPSA) is 55.3 Å². The molecule has 3 heterocycles. The highest BCUT2D eigenvalue weighted by atomic mass is 32.2. The summed E-state index contributed by atoms with van der Waals surface area (Å²) in [5.74, 6) is 0.134. The molecule has 0 saturated carbocycles. The van der Waals surface area contributed by atoms with E-state index in [2.05, 4.69) is 9.97 Å². The number of carbonyl (C=O) groups is 1. The zero-order chi connectivity index (χ0) is 20.4. The van der Waals surface area contributed by atoms with Crippen molar-refractivity contribution in [1.29, 1.82) is 0 Å². The number of ether oxygens (including phenoxy) is 1. The molecule has 3 aromatic rings. The van der Waals surface area contributed by atoms with Crippen molar-refractivity contribution in [3.63, 3.8) is 0 Å². The molecule has 1 aromatic carbocycles. The Balaban J connectivity index is 1.30. The lowest BCUT2D eigenvalue weighted by molar-refractivity contribution is -0.137. The summed E-state index contributed by atoms with van der Waals surface area (Å²) in [6.45, 7) is 0.833. The first-order valence-electron chi connectivity index (χ1n) is 8.84. The maximum atomic E-state index is 12.8. The van der Waals surface area contributed by atoms with Gasteiger partial charge in [-0.05, 0) is 18.2 Å². The molecule has 0 spiro atoms. The first-order valence-corrected chi connectivity index (χ1v) is 10.6. The van der Waals surface area contributed by atoms with E-state index in [0.29, 0.717) is 19.5 Å². The van der Waals surface area contributed by atoms with Crippen LogP contribution in [0.5, 0.6) is 5.88 Å². The van der Waals surface area contributed by atoms with Crippen molar-refractivity contribution >= 4 is 39.2 Å². The van der Waals surface area contributed by atoms with Crippen molar-refractivity contribution in [2.75, 3.05) is 18.8 Å². The van der Waals surface area contributed by atoms with E-state index >= 15 is 0 Å². The summed E-state index contributed by atoms with van der Waals surface area (Å²) in [5, 5.41) is 0. The third-order valence-corrected chi connectivity index (χ3v) is 6.60. The third-order valence-electron chi connectivity index (χ3n) is 4.44. The van der Waals surface area contributed by atoms with Gasteiger partial charge in [0.15, 0.2) is 4.34 Å². The largest absolute Gasteiger partial charge is 0.472 e. The summed E-state index contributed by atoms with van der Waals surface area (Å²) in [6.07, 6.45) is -3.20. The van der Waals surface area contributed by atoms with E-state index in [4.69, 9.17) is 4.74 Å².